The first kappa shape index (κ1) is 17.8. The number of aryl methyl sites for hydroxylation is 2. The number of anilines is 1. The van der Waals surface area contributed by atoms with Crippen molar-refractivity contribution in [1.29, 1.82) is 0 Å². The zero-order chi connectivity index (χ0) is 19.1. The molecule has 0 spiro atoms. The molecule has 0 aliphatic carbocycles. The molecule has 0 aliphatic heterocycles. The normalized spacial score (nSPS) is 11.7. The number of aromatic nitrogens is 4. The van der Waals surface area contributed by atoms with Crippen LogP contribution in [0.3, 0.4) is 0 Å². The third-order valence-corrected chi connectivity index (χ3v) is 4.27. The molecule has 2 aromatic heterocycles. The molecule has 0 saturated carbocycles. The molecule has 3 aromatic rings. The number of carbonyl (C=O) groups is 1. The van der Waals surface area contributed by atoms with Gasteiger partial charge in [-0.15, -0.1) is 0 Å². The van der Waals surface area contributed by atoms with Crippen molar-refractivity contribution >= 4 is 22.6 Å². The second-order valence-electron chi connectivity index (χ2n) is 7.40. The Morgan fingerprint density at radius 2 is 1.92 bits per heavy atom. The fourth-order valence-corrected chi connectivity index (χ4v) is 2.74. The molecule has 0 saturated heterocycles. The highest BCUT2D eigenvalue weighted by atomic mass is 16.2. The molecule has 7 nitrogen and oxygen atoms in total. The Bertz CT molecular complexity index is 1040. The zero-order valence-corrected chi connectivity index (χ0v) is 15.7. The van der Waals surface area contributed by atoms with Gasteiger partial charge in [0.05, 0.1) is 16.6 Å². The highest BCUT2D eigenvalue weighted by molar-refractivity contribution is 5.90. The largest absolute Gasteiger partial charge is 0.309 e. The minimum Gasteiger partial charge on any atom is -0.309 e. The van der Waals surface area contributed by atoms with E-state index in [9.17, 15) is 9.59 Å². The number of fused-ring (bicyclic) bond motifs is 1. The molecule has 2 heterocycles. The van der Waals surface area contributed by atoms with Gasteiger partial charge in [-0.2, -0.15) is 5.10 Å². The number of para-hydroxylation sites is 1. The van der Waals surface area contributed by atoms with E-state index in [-0.39, 0.29) is 23.4 Å². The van der Waals surface area contributed by atoms with Crippen LogP contribution in [0.4, 0.5) is 5.82 Å². The van der Waals surface area contributed by atoms with Gasteiger partial charge in [-0.05, 0) is 19.1 Å². The molecule has 1 amide bonds. The number of benzene rings is 1. The molecule has 7 heteroatoms. The summed E-state index contributed by atoms with van der Waals surface area (Å²) in [7, 11) is 1.78. The average Bonchev–Trinajstić information content (AvgIpc) is 2.92. The van der Waals surface area contributed by atoms with E-state index in [1.165, 1.54) is 4.57 Å². The van der Waals surface area contributed by atoms with Gasteiger partial charge in [-0.1, -0.05) is 32.9 Å². The Labute approximate surface area is 151 Å². The van der Waals surface area contributed by atoms with Crippen LogP contribution in [0.1, 0.15) is 32.3 Å². The van der Waals surface area contributed by atoms with Crippen molar-refractivity contribution in [3.8, 4) is 0 Å². The minimum atomic E-state index is -0.296. The van der Waals surface area contributed by atoms with Crippen LogP contribution in [0.25, 0.3) is 10.9 Å². The maximum Gasteiger partial charge on any atom is 0.261 e. The van der Waals surface area contributed by atoms with E-state index in [4.69, 9.17) is 0 Å². The van der Waals surface area contributed by atoms with Crippen molar-refractivity contribution in [3.05, 3.63) is 52.2 Å². The summed E-state index contributed by atoms with van der Waals surface area (Å²) in [4.78, 5) is 29.6. The van der Waals surface area contributed by atoms with Crippen molar-refractivity contribution in [2.24, 2.45) is 7.05 Å². The average molecular weight is 353 g/mol. The highest BCUT2D eigenvalue weighted by Gasteiger charge is 2.20. The van der Waals surface area contributed by atoms with Crippen LogP contribution >= 0.6 is 0 Å². The zero-order valence-electron chi connectivity index (χ0n) is 15.7. The Kier molecular flexibility index (Phi) is 4.39. The Morgan fingerprint density at radius 3 is 2.58 bits per heavy atom. The summed E-state index contributed by atoms with van der Waals surface area (Å²) >= 11 is 0. The van der Waals surface area contributed by atoms with Gasteiger partial charge >= 0.3 is 0 Å². The molecule has 136 valence electrons. The van der Waals surface area contributed by atoms with E-state index in [0.717, 1.165) is 5.69 Å². The van der Waals surface area contributed by atoms with Gasteiger partial charge in [0.1, 0.15) is 18.2 Å². The summed E-state index contributed by atoms with van der Waals surface area (Å²) < 4.78 is 3.02. The van der Waals surface area contributed by atoms with Gasteiger partial charge < -0.3 is 5.32 Å². The third-order valence-electron chi connectivity index (χ3n) is 4.27. The van der Waals surface area contributed by atoms with E-state index in [1.54, 1.807) is 36.9 Å². The number of rotatable bonds is 3. The molecule has 1 N–H and O–H groups in total. The summed E-state index contributed by atoms with van der Waals surface area (Å²) in [6.45, 7) is 7.81. The summed E-state index contributed by atoms with van der Waals surface area (Å²) in [6.07, 6.45) is 0. The Hall–Kier alpha value is -2.96. The van der Waals surface area contributed by atoms with Crippen LogP contribution in [-0.4, -0.2) is 25.2 Å². The van der Waals surface area contributed by atoms with Crippen LogP contribution in [-0.2, 0) is 23.8 Å². The minimum absolute atomic E-state index is 0.0987. The summed E-state index contributed by atoms with van der Waals surface area (Å²) in [5.41, 5.74) is 1.18. The number of nitrogens with one attached hydrogen (secondary N) is 1. The summed E-state index contributed by atoms with van der Waals surface area (Å²) in [6, 6.07) is 8.98. The molecule has 26 heavy (non-hydrogen) atoms. The molecule has 0 fully saturated rings. The van der Waals surface area contributed by atoms with Gasteiger partial charge in [-0.25, -0.2) is 4.98 Å². The fraction of sp³-hybridized carbons (Fsp3) is 0.368. The molecule has 0 unspecified atom stereocenters. The Morgan fingerprint density at radius 1 is 1.23 bits per heavy atom. The maximum atomic E-state index is 12.7. The highest BCUT2D eigenvalue weighted by Crippen LogP contribution is 2.23. The maximum absolute atomic E-state index is 12.7. The lowest BCUT2D eigenvalue weighted by molar-refractivity contribution is -0.116. The number of carbonyl (C=O) groups excluding carboxylic acids is 1. The van der Waals surface area contributed by atoms with Crippen molar-refractivity contribution in [1.82, 2.24) is 19.3 Å². The molecular formula is C19H23N5O2. The summed E-state index contributed by atoms with van der Waals surface area (Å²) in [5.74, 6) is 0.805. The lowest BCUT2D eigenvalue weighted by Crippen LogP contribution is -2.30. The number of nitrogens with zero attached hydrogens (tertiary/aromatic N) is 4. The number of amides is 1. The van der Waals surface area contributed by atoms with Crippen LogP contribution in [0.5, 0.6) is 0 Å². The topological polar surface area (TPSA) is 81.8 Å². The number of hydrogen-bond donors (Lipinski definition) is 1. The Balaban J connectivity index is 1.86. The number of hydrogen-bond acceptors (Lipinski definition) is 4. The quantitative estimate of drug-likeness (QED) is 0.784. The molecule has 3 rings (SSSR count). The lowest BCUT2D eigenvalue weighted by atomic mass is 9.92. The van der Waals surface area contributed by atoms with Crippen LogP contribution in [0, 0.1) is 6.92 Å². The molecular weight excluding hydrogens is 330 g/mol. The van der Waals surface area contributed by atoms with E-state index in [0.29, 0.717) is 22.5 Å². The van der Waals surface area contributed by atoms with Gasteiger partial charge in [0, 0.05) is 18.5 Å². The monoisotopic (exact) mass is 353 g/mol. The van der Waals surface area contributed by atoms with Gasteiger partial charge in [-0.3, -0.25) is 18.8 Å². The lowest BCUT2D eigenvalue weighted by Gasteiger charge is -2.13. The van der Waals surface area contributed by atoms with Crippen molar-refractivity contribution in [3.63, 3.8) is 0 Å². The first-order valence-electron chi connectivity index (χ1n) is 8.47. The fourth-order valence-electron chi connectivity index (χ4n) is 2.74. The van der Waals surface area contributed by atoms with Gasteiger partial charge in [0.15, 0.2) is 0 Å². The van der Waals surface area contributed by atoms with Crippen LogP contribution in [0.15, 0.2) is 35.1 Å². The second-order valence-corrected chi connectivity index (χ2v) is 7.40. The van der Waals surface area contributed by atoms with Crippen molar-refractivity contribution < 1.29 is 4.79 Å². The van der Waals surface area contributed by atoms with E-state index < -0.39 is 0 Å². The predicted octanol–water partition coefficient (Wildman–Crippen LogP) is 2.37. The van der Waals surface area contributed by atoms with E-state index >= 15 is 0 Å². The van der Waals surface area contributed by atoms with Crippen molar-refractivity contribution in [2.45, 2.75) is 39.7 Å². The second kappa shape index (κ2) is 6.40. The van der Waals surface area contributed by atoms with Crippen LogP contribution in [0.2, 0.25) is 0 Å². The van der Waals surface area contributed by atoms with E-state index in [2.05, 4.69) is 36.2 Å². The van der Waals surface area contributed by atoms with Gasteiger partial charge in [0.25, 0.3) is 5.56 Å². The standard InChI is InChI=1S/C19H23N5O2/c1-12-20-14-9-7-6-8-13(14)18(26)24(12)11-17(25)21-16-10-15(19(2,3)4)22-23(16)5/h6-10H,11H2,1-5H3,(H,21,25). The van der Waals surface area contributed by atoms with E-state index in [1.807, 2.05) is 12.1 Å². The third kappa shape index (κ3) is 3.37. The molecule has 0 atom stereocenters. The first-order valence-corrected chi connectivity index (χ1v) is 8.47. The molecule has 0 bridgehead atoms. The van der Waals surface area contributed by atoms with Crippen LogP contribution < -0.4 is 10.9 Å². The van der Waals surface area contributed by atoms with Crippen molar-refractivity contribution in [2.75, 3.05) is 5.32 Å². The molecule has 1 aromatic carbocycles. The predicted molar refractivity (Wildman–Crippen MR) is 101 cm³/mol. The molecule has 0 radical (unpaired) electrons. The molecule has 0 aliphatic rings. The summed E-state index contributed by atoms with van der Waals surface area (Å²) in [5, 5.41) is 7.77. The SMILES string of the molecule is Cc1nc2ccccc2c(=O)n1CC(=O)Nc1cc(C(C)(C)C)nn1C. The smallest absolute Gasteiger partial charge is 0.261 e. The first-order chi connectivity index (χ1) is 12.2. The van der Waals surface area contributed by atoms with Gasteiger partial charge in [0.2, 0.25) is 5.91 Å².